The third-order valence-electron chi connectivity index (χ3n) is 7.78. The van der Waals surface area contributed by atoms with Crippen LogP contribution in [0.3, 0.4) is 0 Å². The number of hydrogen-bond donors (Lipinski definition) is 2. The fraction of sp³-hybridized carbons (Fsp3) is 0.536. The predicted molar refractivity (Wildman–Crippen MR) is 141 cm³/mol. The maximum Gasteiger partial charge on any atom is 0.314 e. The van der Waals surface area contributed by atoms with Gasteiger partial charge in [0.2, 0.25) is 0 Å². The van der Waals surface area contributed by atoms with Gasteiger partial charge in [0.05, 0.1) is 6.04 Å². The van der Waals surface area contributed by atoms with Gasteiger partial charge in [-0.1, -0.05) is 67.9 Å². The predicted octanol–water partition coefficient (Wildman–Crippen LogP) is 4.57. The molecule has 2 aliphatic heterocycles. The zero-order chi connectivity index (χ0) is 24.9. The number of rotatable bonds is 7. The van der Waals surface area contributed by atoms with Crippen molar-refractivity contribution in [3.05, 3.63) is 70.7 Å². The molecule has 0 saturated carbocycles. The quantitative estimate of drug-likeness (QED) is 0.586. The largest absolute Gasteiger partial charge is 0.378 e. The molecule has 4 rings (SSSR count). The Morgan fingerprint density at radius 3 is 2.23 bits per heavy atom. The molecule has 0 aromatic heterocycles. The third kappa shape index (κ3) is 6.36. The summed E-state index contributed by atoms with van der Waals surface area (Å²) in [6, 6.07) is 18.9. The van der Waals surface area contributed by atoms with Crippen LogP contribution in [0, 0.1) is 11.8 Å². The van der Waals surface area contributed by atoms with Crippen molar-refractivity contribution in [2.75, 3.05) is 32.7 Å². The summed E-state index contributed by atoms with van der Waals surface area (Å²) in [7, 11) is 0. The van der Waals surface area contributed by atoms with Crippen LogP contribution in [0.25, 0.3) is 0 Å². The summed E-state index contributed by atoms with van der Waals surface area (Å²) < 4.78 is 0. The molecule has 3 N–H and O–H groups in total. The van der Waals surface area contributed by atoms with E-state index in [1.165, 1.54) is 11.1 Å². The van der Waals surface area contributed by atoms with E-state index >= 15 is 0 Å². The molecule has 7 heteroatoms. The Kier molecular flexibility index (Phi) is 8.71. The van der Waals surface area contributed by atoms with Crippen molar-refractivity contribution < 1.29 is 9.90 Å². The zero-order valence-electron chi connectivity index (χ0n) is 20.9. The van der Waals surface area contributed by atoms with E-state index < -0.39 is 6.23 Å². The standard InChI is InChI=1S/C28H39ClN4O2/c1-20(2)25-19-32(27(22-6-4-3-5-7-22)23-8-10-24(29)11-9-23)16-17-33(25)26(34)18-21-12-14-31(15-13-21)28(30)35/h3-11,20-21,25-27,34H,12-19H2,1-2H3,(H2,30,35)/t25-,26?,27?/m1/s1. The van der Waals surface area contributed by atoms with Crippen LogP contribution in [0.1, 0.15) is 50.3 Å². The molecule has 0 bridgehead atoms. The number of nitrogens with zero attached hydrogens (tertiary/aromatic N) is 3. The average Bonchev–Trinajstić information content (AvgIpc) is 2.86. The van der Waals surface area contributed by atoms with Crippen LogP contribution in [-0.4, -0.2) is 70.8 Å². The van der Waals surface area contributed by atoms with Crippen molar-refractivity contribution >= 4 is 17.6 Å². The molecule has 2 saturated heterocycles. The molecule has 3 atom stereocenters. The van der Waals surface area contributed by atoms with Crippen molar-refractivity contribution in [3.63, 3.8) is 0 Å². The van der Waals surface area contributed by atoms with Gasteiger partial charge in [-0.25, -0.2) is 4.79 Å². The lowest BCUT2D eigenvalue weighted by Gasteiger charge is -2.48. The number of urea groups is 1. The van der Waals surface area contributed by atoms with Crippen molar-refractivity contribution in [2.45, 2.75) is 51.4 Å². The number of aliphatic hydroxyl groups excluding tert-OH is 1. The smallest absolute Gasteiger partial charge is 0.314 e. The first kappa shape index (κ1) is 26.0. The second kappa shape index (κ2) is 11.7. The first-order valence-corrected chi connectivity index (χ1v) is 13.2. The van der Waals surface area contributed by atoms with Gasteiger partial charge in [0.25, 0.3) is 0 Å². The number of carbonyl (C=O) groups is 1. The normalized spacial score (nSPS) is 22.3. The number of benzene rings is 2. The van der Waals surface area contributed by atoms with Crippen molar-refractivity contribution in [1.29, 1.82) is 0 Å². The van der Waals surface area contributed by atoms with Gasteiger partial charge >= 0.3 is 6.03 Å². The Hall–Kier alpha value is -2.12. The van der Waals surface area contributed by atoms with Gasteiger partial charge in [0.1, 0.15) is 6.23 Å². The van der Waals surface area contributed by atoms with Crippen LogP contribution in [0.15, 0.2) is 54.6 Å². The molecule has 0 aliphatic carbocycles. The molecule has 2 amide bonds. The highest BCUT2D eigenvalue weighted by Gasteiger charge is 2.37. The molecule has 2 fully saturated rings. The number of likely N-dealkylation sites (tertiary alicyclic amines) is 1. The molecule has 35 heavy (non-hydrogen) atoms. The minimum absolute atomic E-state index is 0.145. The summed E-state index contributed by atoms with van der Waals surface area (Å²) >= 11 is 6.20. The fourth-order valence-corrected chi connectivity index (χ4v) is 5.89. The minimum atomic E-state index is -0.472. The van der Waals surface area contributed by atoms with Gasteiger partial charge in [0.15, 0.2) is 0 Å². The lowest BCUT2D eigenvalue weighted by atomic mass is 9.90. The molecule has 2 aromatic rings. The molecular weight excluding hydrogens is 460 g/mol. The molecule has 2 aliphatic rings. The summed E-state index contributed by atoms with van der Waals surface area (Å²) in [5, 5.41) is 12.0. The van der Waals surface area contributed by atoms with Crippen LogP contribution in [-0.2, 0) is 0 Å². The third-order valence-corrected chi connectivity index (χ3v) is 8.03. The molecule has 6 nitrogen and oxygen atoms in total. The average molecular weight is 499 g/mol. The van der Waals surface area contributed by atoms with Crippen LogP contribution in [0.4, 0.5) is 4.79 Å². The van der Waals surface area contributed by atoms with Gasteiger partial charge in [-0.05, 0) is 54.4 Å². The SMILES string of the molecule is CC(C)[C@H]1CN(C(c2ccccc2)c2ccc(Cl)cc2)CCN1C(O)CC1CCN(C(N)=O)CC1. The Bertz CT molecular complexity index is 947. The van der Waals surface area contributed by atoms with Gasteiger partial charge < -0.3 is 15.7 Å². The molecular formula is C28H39ClN4O2. The summed E-state index contributed by atoms with van der Waals surface area (Å²) in [4.78, 5) is 18.0. The molecule has 2 aromatic carbocycles. The number of nitrogens with two attached hydrogens (primary N) is 1. The van der Waals surface area contributed by atoms with Crippen molar-refractivity contribution in [1.82, 2.24) is 14.7 Å². The van der Waals surface area contributed by atoms with Crippen molar-refractivity contribution in [2.24, 2.45) is 17.6 Å². The monoisotopic (exact) mass is 498 g/mol. The number of piperazine rings is 1. The van der Waals surface area contributed by atoms with Crippen LogP contribution < -0.4 is 5.73 Å². The number of halogens is 1. The maximum atomic E-state index is 11.4. The molecule has 0 radical (unpaired) electrons. The van der Waals surface area contributed by atoms with Gasteiger partial charge in [-0.15, -0.1) is 0 Å². The van der Waals surface area contributed by atoms with Gasteiger partial charge in [0, 0.05) is 43.8 Å². The zero-order valence-corrected chi connectivity index (χ0v) is 21.6. The Labute approximate surface area is 214 Å². The molecule has 0 spiro atoms. The van der Waals surface area contributed by atoms with Crippen LogP contribution >= 0.6 is 11.6 Å². The number of piperidine rings is 1. The second-order valence-corrected chi connectivity index (χ2v) is 10.8. The second-order valence-electron chi connectivity index (χ2n) is 10.4. The topological polar surface area (TPSA) is 73.0 Å². The van der Waals surface area contributed by atoms with E-state index in [1.54, 1.807) is 4.90 Å². The summed E-state index contributed by atoms with van der Waals surface area (Å²) in [6.07, 6.45) is 2.08. The fourth-order valence-electron chi connectivity index (χ4n) is 5.76. The maximum absolute atomic E-state index is 11.4. The van der Waals surface area contributed by atoms with E-state index in [9.17, 15) is 9.90 Å². The van der Waals surface area contributed by atoms with Crippen molar-refractivity contribution in [3.8, 4) is 0 Å². The number of hydrogen-bond acceptors (Lipinski definition) is 4. The summed E-state index contributed by atoms with van der Waals surface area (Å²) in [6.45, 7) is 8.46. The lowest BCUT2D eigenvalue weighted by molar-refractivity contribution is -0.0881. The first-order valence-electron chi connectivity index (χ1n) is 12.9. The van der Waals surface area contributed by atoms with Gasteiger partial charge in [-0.2, -0.15) is 0 Å². The first-order chi connectivity index (χ1) is 16.8. The molecule has 2 heterocycles. The number of carbonyl (C=O) groups excluding carboxylic acids is 1. The van der Waals surface area contributed by atoms with E-state index in [2.05, 4.69) is 66.1 Å². The van der Waals surface area contributed by atoms with Crippen LogP contribution in [0.2, 0.25) is 5.02 Å². The highest BCUT2D eigenvalue weighted by Crippen LogP contribution is 2.34. The Morgan fingerprint density at radius 1 is 1.00 bits per heavy atom. The van der Waals surface area contributed by atoms with E-state index in [1.807, 2.05) is 12.1 Å². The van der Waals surface area contributed by atoms with E-state index in [0.717, 1.165) is 43.9 Å². The van der Waals surface area contributed by atoms with E-state index in [-0.39, 0.29) is 18.1 Å². The van der Waals surface area contributed by atoms with E-state index in [0.29, 0.717) is 24.9 Å². The number of amides is 2. The minimum Gasteiger partial charge on any atom is -0.378 e. The highest BCUT2D eigenvalue weighted by molar-refractivity contribution is 6.30. The molecule has 2 unspecified atom stereocenters. The number of primary amides is 1. The lowest BCUT2D eigenvalue weighted by Crippen LogP contribution is -2.59. The highest BCUT2D eigenvalue weighted by atomic mass is 35.5. The number of aliphatic hydroxyl groups is 1. The molecule has 190 valence electrons. The summed E-state index contributed by atoms with van der Waals surface area (Å²) in [5.41, 5.74) is 7.93. The van der Waals surface area contributed by atoms with Crippen LogP contribution in [0.5, 0.6) is 0 Å². The Morgan fingerprint density at radius 2 is 1.63 bits per heavy atom. The van der Waals surface area contributed by atoms with E-state index in [4.69, 9.17) is 17.3 Å². The van der Waals surface area contributed by atoms with Gasteiger partial charge in [-0.3, -0.25) is 9.80 Å². The summed E-state index contributed by atoms with van der Waals surface area (Å²) in [5.74, 6) is 0.823. The Balaban J connectivity index is 1.47.